The minimum atomic E-state index is -4.75. The molecule has 0 aromatic heterocycles. The van der Waals surface area contributed by atoms with Crippen molar-refractivity contribution in [3.8, 4) is 0 Å². The molecular weight excluding hydrogens is 412 g/mol. The predicted octanol–water partition coefficient (Wildman–Crippen LogP) is 5.75. The number of benzene rings is 2. The molecule has 0 amide bonds. The van der Waals surface area contributed by atoms with Crippen LogP contribution in [0.5, 0.6) is 0 Å². The van der Waals surface area contributed by atoms with Crippen LogP contribution in [0.2, 0.25) is 0 Å². The van der Waals surface area contributed by atoms with E-state index < -0.39 is 41.5 Å². The highest BCUT2D eigenvalue weighted by molar-refractivity contribution is 5.73. The summed E-state index contributed by atoms with van der Waals surface area (Å²) < 4.78 is 80.9. The number of likely N-dealkylation sites (tertiary alicyclic amines) is 1. The number of aliphatic carboxylic acids is 1. The van der Waals surface area contributed by atoms with E-state index in [0.717, 1.165) is 24.3 Å². The Balaban J connectivity index is 2.22. The molecule has 1 aliphatic rings. The van der Waals surface area contributed by atoms with Crippen molar-refractivity contribution < 1.29 is 36.2 Å². The lowest BCUT2D eigenvalue weighted by Gasteiger charge is -2.40. The van der Waals surface area contributed by atoms with Gasteiger partial charge in [-0.25, -0.2) is 0 Å². The van der Waals surface area contributed by atoms with Gasteiger partial charge in [-0.15, -0.1) is 0 Å². The van der Waals surface area contributed by atoms with Crippen LogP contribution >= 0.6 is 0 Å². The van der Waals surface area contributed by atoms with Crippen molar-refractivity contribution in [2.75, 3.05) is 6.54 Å². The Morgan fingerprint density at radius 1 is 0.967 bits per heavy atom. The highest BCUT2D eigenvalue weighted by atomic mass is 19.4. The van der Waals surface area contributed by atoms with Gasteiger partial charge in [0.15, 0.2) is 0 Å². The van der Waals surface area contributed by atoms with Gasteiger partial charge >= 0.3 is 18.3 Å². The fraction of sp³-hybridized carbons (Fsp3) is 0.381. The number of halogens is 6. The molecule has 1 heterocycles. The maximum absolute atomic E-state index is 13.7. The third-order valence-corrected chi connectivity index (χ3v) is 5.25. The monoisotopic (exact) mass is 431 g/mol. The summed E-state index contributed by atoms with van der Waals surface area (Å²) in [6, 6.07) is 6.29. The van der Waals surface area contributed by atoms with E-state index in [1.807, 2.05) is 0 Å². The van der Waals surface area contributed by atoms with Gasteiger partial charge < -0.3 is 5.11 Å². The summed E-state index contributed by atoms with van der Waals surface area (Å²) in [6.07, 6.45) is -8.11. The maximum Gasteiger partial charge on any atom is 0.416 e. The van der Waals surface area contributed by atoms with Gasteiger partial charge in [-0.3, -0.25) is 9.69 Å². The molecule has 0 radical (unpaired) electrons. The van der Waals surface area contributed by atoms with E-state index >= 15 is 0 Å². The van der Waals surface area contributed by atoms with E-state index in [9.17, 15) is 36.2 Å². The standard InChI is InChI=1S/C21H19F6NO2/c22-20(23,24)14-7-5-6-13(12-14)18(28-11-4-3-10-17(28)19(29)30)15-8-1-2-9-16(15)21(25,26)27/h1-2,5-9,12,17-18H,3-4,10-11H2,(H,29,30). The minimum absolute atomic E-state index is 0.0327. The van der Waals surface area contributed by atoms with E-state index in [0.29, 0.717) is 12.8 Å². The molecule has 1 N–H and O–H groups in total. The predicted molar refractivity (Wildman–Crippen MR) is 96.7 cm³/mol. The van der Waals surface area contributed by atoms with Crippen LogP contribution in [0.1, 0.15) is 47.6 Å². The number of alkyl halides is 6. The van der Waals surface area contributed by atoms with Crippen molar-refractivity contribution in [2.45, 2.75) is 43.7 Å². The molecule has 1 aliphatic heterocycles. The van der Waals surface area contributed by atoms with Crippen LogP contribution < -0.4 is 0 Å². The Labute approximate surface area is 168 Å². The zero-order valence-electron chi connectivity index (χ0n) is 15.7. The van der Waals surface area contributed by atoms with E-state index in [4.69, 9.17) is 0 Å². The zero-order valence-corrected chi connectivity index (χ0v) is 15.7. The molecule has 2 unspecified atom stereocenters. The summed E-state index contributed by atoms with van der Waals surface area (Å²) in [5.41, 5.74) is -2.30. The maximum atomic E-state index is 13.7. The van der Waals surface area contributed by atoms with E-state index in [1.165, 1.54) is 29.2 Å². The molecular formula is C21H19F6NO2. The molecule has 0 spiro atoms. The molecule has 3 rings (SSSR count). The lowest BCUT2D eigenvalue weighted by atomic mass is 9.88. The number of hydrogen-bond donors (Lipinski definition) is 1. The Kier molecular flexibility index (Phi) is 6.12. The molecule has 2 atom stereocenters. The van der Waals surface area contributed by atoms with E-state index in [2.05, 4.69) is 0 Å². The van der Waals surface area contributed by atoms with Crippen molar-refractivity contribution in [3.63, 3.8) is 0 Å². The first-order valence-electron chi connectivity index (χ1n) is 9.32. The smallest absolute Gasteiger partial charge is 0.416 e. The zero-order chi connectivity index (χ0) is 22.1. The summed E-state index contributed by atoms with van der Waals surface area (Å²) in [5.74, 6) is -1.21. The first-order chi connectivity index (χ1) is 14.0. The van der Waals surface area contributed by atoms with Gasteiger partial charge in [-0.2, -0.15) is 26.3 Å². The molecule has 3 nitrogen and oxygen atoms in total. The van der Waals surface area contributed by atoms with Gasteiger partial charge in [0.1, 0.15) is 6.04 Å². The lowest BCUT2D eigenvalue weighted by Crippen LogP contribution is -2.47. The molecule has 9 heteroatoms. The Morgan fingerprint density at radius 3 is 2.30 bits per heavy atom. The molecule has 0 aliphatic carbocycles. The number of rotatable bonds is 4. The van der Waals surface area contributed by atoms with Crippen LogP contribution in [0, 0.1) is 0 Å². The SMILES string of the molecule is O=C(O)C1CCCCN1C(c1cccc(C(F)(F)F)c1)c1ccccc1C(F)(F)F. The van der Waals surface area contributed by atoms with Crippen molar-refractivity contribution in [1.29, 1.82) is 0 Å². The lowest BCUT2D eigenvalue weighted by molar-refractivity contribution is -0.146. The Hall–Kier alpha value is -2.55. The quantitative estimate of drug-likeness (QED) is 0.627. The average Bonchev–Trinajstić information content (AvgIpc) is 2.68. The van der Waals surface area contributed by atoms with Crippen LogP contribution in [0.25, 0.3) is 0 Å². The summed E-state index contributed by atoms with van der Waals surface area (Å²) in [4.78, 5) is 13.2. The third-order valence-electron chi connectivity index (χ3n) is 5.25. The molecule has 30 heavy (non-hydrogen) atoms. The van der Waals surface area contributed by atoms with Crippen LogP contribution in [0.3, 0.4) is 0 Å². The largest absolute Gasteiger partial charge is 0.480 e. The topological polar surface area (TPSA) is 40.5 Å². The van der Waals surface area contributed by atoms with Crippen molar-refractivity contribution in [2.24, 2.45) is 0 Å². The highest BCUT2D eigenvalue weighted by Crippen LogP contribution is 2.42. The van der Waals surface area contributed by atoms with Crippen molar-refractivity contribution in [3.05, 3.63) is 70.8 Å². The van der Waals surface area contributed by atoms with Gasteiger partial charge in [-0.05, 0) is 48.7 Å². The summed E-state index contributed by atoms with van der Waals surface area (Å²) in [7, 11) is 0. The summed E-state index contributed by atoms with van der Waals surface area (Å²) in [5, 5.41) is 9.62. The van der Waals surface area contributed by atoms with Crippen LogP contribution in [-0.2, 0) is 17.1 Å². The van der Waals surface area contributed by atoms with Gasteiger partial charge in [0, 0.05) is 0 Å². The van der Waals surface area contributed by atoms with Crippen molar-refractivity contribution in [1.82, 2.24) is 4.90 Å². The second-order valence-electron chi connectivity index (χ2n) is 7.20. The van der Waals surface area contributed by atoms with Crippen LogP contribution in [-0.4, -0.2) is 28.6 Å². The number of hydrogen-bond acceptors (Lipinski definition) is 2. The molecule has 2 aromatic rings. The number of piperidine rings is 1. The second kappa shape index (κ2) is 8.29. The van der Waals surface area contributed by atoms with Crippen LogP contribution in [0.15, 0.2) is 48.5 Å². The molecule has 2 aromatic carbocycles. The number of nitrogens with zero attached hydrogens (tertiary/aromatic N) is 1. The minimum Gasteiger partial charge on any atom is -0.480 e. The van der Waals surface area contributed by atoms with Gasteiger partial charge in [0.2, 0.25) is 0 Å². The molecule has 0 bridgehead atoms. The number of carboxylic acids is 1. The molecule has 162 valence electrons. The van der Waals surface area contributed by atoms with Gasteiger partial charge in [0.05, 0.1) is 17.2 Å². The second-order valence-corrected chi connectivity index (χ2v) is 7.20. The number of carboxylic acid groups (broad SMARTS) is 1. The van der Waals surface area contributed by atoms with Gasteiger partial charge in [-0.1, -0.05) is 36.8 Å². The summed E-state index contributed by atoms with van der Waals surface area (Å²) in [6.45, 7) is 0.157. The average molecular weight is 431 g/mol. The summed E-state index contributed by atoms with van der Waals surface area (Å²) >= 11 is 0. The number of carbonyl (C=O) groups is 1. The van der Waals surface area contributed by atoms with Crippen molar-refractivity contribution >= 4 is 5.97 Å². The Morgan fingerprint density at radius 2 is 1.67 bits per heavy atom. The fourth-order valence-corrected chi connectivity index (χ4v) is 3.96. The first-order valence-corrected chi connectivity index (χ1v) is 9.32. The molecule has 0 saturated carbocycles. The van der Waals surface area contributed by atoms with Gasteiger partial charge in [0.25, 0.3) is 0 Å². The third kappa shape index (κ3) is 4.61. The fourth-order valence-electron chi connectivity index (χ4n) is 3.96. The Bertz CT molecular complexity index is 909. The normalized spacial score (nSPS) is 19.5. The molecule has 1 fully saturated rings. The van der Waals surface area contributed by atoms with Crippen LogP contribution in [0.4, 0.5) is 26.3 Å². The van der Waals surface area contributed by atoms with E-state index in [1.54, 1.807) is 0 Å². The highest BCUT2D eigenvalue weighted by Gasteiger charge is 2.41. The first kappa shape index (κ1) is 22.1. The van der Waals surface area contributed by atoms with E-state index in [-0.39, 0.29) is 24.1 Å². The molecule has 1 saturated heterocycles.